The first-order chi connectivity index (χ1) is 9.90. The van der Waals surface area contributed by atoms with Gasteiger partial charge in [-0.2, -0.15) is 0 Å². The fourth-order valence-electron chi connectivity index (χ4n) is 2.28. The van der Waals surface area contributed by atoms with Gasteiger partial charge in [0.05, 0.1) is 10.2 Å². The van der Waals surface area contributed by atoms with Gasteiger partial charge in [0.2, 0.25) is 5.91 Å². The summed E-state index contributed by atoms with van der Waals surface area (Å²) in [6.45, 7) is 3.98. The molecule has 1 aromatic carbocycles. The predicted octanol–water partition coefficient (Wildman–Crippen LogP) is 3.33. The van der Waals surface area contributed by atoms with E-state index in [1.807, 2.05) is 18.9 Å². The topological polar surface area (TPSA) is 63.5 Å². The van der Waals surface area contributed by atoms with E-state index in [9.17, 15) is 14.9 Å². The smallest absolute Gasteiger partial charge is 0.269 e. The molecule has 6 heteroatoms. The summed E-state index contributed by atoms with van der Waals surface area (Å²) >= 11 is 1.44. The van der Waals surface area contributed by atoms with Gasteiger partial charge < -0.3 is 4.90 Å². The lowest BCUT2D eigenvalue weighted by Gasteiger charge is -2.27. The molecule has 0 aromatic heterocycles. The Bertz CT molecular complexity index is 528. The third kappa shape index (κ3) is 3.97. The van der Waals surface area contributed by atoms with Crippen molar-refractivity contribution in [2.24, 2.45) is 5.92 Å². The number of nitrogens with zero attached hydrogens (tertiary/aromatic N) is 2. The largest absolute Gasteiger partial charge is 0.342 e. The minimum atomic E-state index is -0.422. The van der Waals surface area contributed by atoms with Crippen LogP contribution in [0.15, 0.2) is 29.2 Å². The van der Waals surface area contributed by atoms with E-state index in [1.165, 1.54) is 36.7 Å². The van der Waals surface area contributed by atoms with Crippen LogP contribution >= 0.6 is 11.8 Å². The zero-order valence-electron chi connectivity index (χ0n) is 12.5. The fraction of sp³-hybridized carbons (Fsp3) is 0.533. The van der Waals surface area contributed by atoms with Crippen LogP contribution in [-0.2, 0) is 4.79 Å². The summed E-state index contributed by atoms with van der Waals surface area (Å²) in [5, 5.41) is 10.4. The van der Waals surface area contributed by atoms with Crippen molar-refractivity contribution in [1.82, 2.24) is 4.90 Å². The Balaban J connectivity index is 1.94. The van der Waals surface area contributed by atoms with Crippen molar-refractivity contribution in [2.75, 3.05) is 7.05 Å². The number of hydrogen-bond donors (Lipinski definition) is 0. The van der Waals surface area contributed by atoms with Crippen molar-refractivity contribution in [2.45, 2.75) is 42.9 Å². The summed E-state index contributed by atoms with van der Waals surface area (Å²) in [4.78, 5) is 25.3. The molecule has 0 aliphatic heterocycles. The first-order valence-corrected chi connectivity index (χ1v) is 7.96. The Morgan fingerprint density at radius 3 is 2.38 bits per heavy atom. The van der Waals surface area contributed by atoms with Gasteiger partial charge in [-0.3, -0.25) is 14.9 Å². The van der Waals surface area contributed by atoms with Crippen LogP contribution in [0.5, 0.6) is 0 Å². The molecular formula is C15H20N2O3S. The highest BCUT2D eigenvalue weighted by Crippen LogP contribution is 2.35. The molecule has 1 aliphatic carbocycles. The SMILES string of the molecule is CC(Sc1ccc([N+](=O)[O-])cc1)C(=O)N(C)C(C)C1CC1. The molecule has 1 aromatic rings. The number of non-ortho nitro benzene ring substituents is 1. The van der Waals surface area contributed by atoms with Crippen molar-refractivity contribution in [3.8, 4) is 0 Å². The van der Waals surface area contributed by atoms with E-state index >= 15 is 0 Å². The van der Waals surface area contributed by atoms with E-state index in [-0.39, 0.29) is 22.9 Å². The number of rotatable bonds is 6. The van der Waals surface area contributed by atoms with Gasteiger partial charge in [0.15, 0.2) is 0 Å². The average Bonchev–Trinajstić information content (AvgIpc) is 3.30. The molecule has 1 fully saturated rings. The molecule has 5 nitrogen and oxygen atoms in total. The molecule has 2 rings (SSSR count). The highest BCUT2D eigenvalue weighted by atomic mass is 32.2. The van der Waals surface area contributed by atoms with E-state index in [0.29, 0.717) is 5.92 Å². The van der Waals surface area contributed by atoms with Gasteiger partial charge >= 0.3 is 0 Å². The number of carbonyl (C=O) groups is 1. The van der Waals surface area contributed by atoms with Gasteiger partial charge in [-0.25, -0.2) is 0 Å². The maximum Gasteiger partial charge on any atom is 0.269 e. The van der Waals surface area contributed by atoms with Gasteiger partial charge in [-0.15, -0.1) is 11.8 Å². The Morgan fingerprint density at radius 1 is 1.33 bits per heavy atom. The summed E-state index contributed by atoms with van der Waals surface area (Å²) in [5.41, 5.74) is 0.0674. The monoisotopic (exact) mass is 308 g/mol. The highest BCUT2D eigenvalue weighted by molar-refractivity contribution is 8.00. The Morgan fingerprint density at radius 2 is 1.90 bits per heavy atom. The molecule has 0 bridgehead atoms. The summed E-state index contributed by atoms with van der Waals surface area (Å²) < 4.78 is 0. The number of carbonyl (C=O) groups excluding carboxylic acids is 1. The first kappa shape index (κ1) is 15.8. The van der Waals surface area contributed by atoms with Crippen LogP contribution in [-0.4, -0.2) is 34.1 Å². The highest BCUT2D eigenvalue weighted by Gasteiger charge is 2.33. The lowest BCUT2D eigenvalue weighted by molar-refractivity contribution is -0.384. The van der Waals surface area contributed by atoms with Crippen LogP contribution in [0.2, 0.25) is 0 Å². The van der Waals surface area contributed by atoms with E-state index in [2.05, 4.69) is 6.92 Å². The van der Waals surface area contributed by atoms with Crippen molar-refractivity contribution >= 4 is 23.4 Å². The molecular weight excluding hydrogens is 288 g/mol. The van der Waals surface area contributed by atoms with Gasteiger partial charge in [0, 0.05) is 30.1 Å². The Kier molecular flexibility index (Phi) is 4.88. The zero-order chi connectivity index (χ0) is 15.6. The third-order valence-corrected chi connectivity index (χ3v) is 5.07. The lowest BCUT2D eigenvalue weighted by atomic mass is 10.2. The molecule has 0 N–H and O–H groups in total. The van der Waals surface area contributed by atoms with Crippen LogP contribution in [0, 0.1) is 16.0 Å². The van der Waals surface area contributed by atoms with Crippen molar-refractivity contribution in [3.05, 3.63) is 34.4 Å². The van der Waals surface area contributed by atoms with Gasteiger partial charge in [-0.1, -0.05) is 0 Å². The molecule has 1 saturated carbocycles. The van der Waals surface area contributed by atoms with Crippen LogP contribution in [0.1, 0.15) is 26.7 Å². The number of hydrogen-bond acceptors (Lipinski definition) is 4. The second kappa shape index (κ2) is 6.47. The van der Waals surface area contributed by atoms with Crippen LogP contribution in [0.3, 0.4) is 0 Å². The normalized spacial score (nSPS) is 17.1. The van der Waals surface area contributed by atoms with E-state index in [0.717, 1.165) is 4.90 Å². The molecule has 0 spiro atoms. The first-order valence-electron chi connectivity index (χ1n) is 7.08. The molecule has 0 saturated heterocycles. The van der Waals surface area contributed by atoms with Crippen molar-refractivity contribution in [1.29, 1.82) is 0 Å². The zero-order valence-corrected chi connectivity index (χ0v) is 13.3. The summed E-state index contributed by atoms with van der Waals surface area (Å²) in [7, 11) is 1.86. The van der Waals surface area contributed by atoms with Crippen molar-refractivity contribution in [3.63, 3.8) is 0 Å². The van der Waals surface area contributed by atoms with E-state index in [4.69, 9.17) is 0 Å². The second-order valence-corrected chi connectivity index (χ2v) is 6.95. The van der Waals surface area contributed by atoms with Gasteiger partial charge in [-0.05, 0) is 44.7 Å². The second-order valence-electron chi connectivity index (χ2n) is 5.54. The predicted molar refractivity (Wildman–Crippen MR) is 83.4 cm³/mol. The van der Waals surface area contributed by atoms with E-state index < -0.39 is 4.92 Å². The lowest BCUT2D eigenvalue weighted by Crippen LogP contribution is -2.40. The molecule has 21 heavy (non-hydrogen) atoms. The molecule has 2 unspecified atom stereocenters. The van der Waals surface area contributed by atoms with Crippen LogP contribution in [0.4, 0.5) is 5.69 Å². The van der Waals surface area contributed by atoms with Gasteiger partial charge in [0.25, 0.3) is 5.69 Å². The number of nitro benzene ring substituents is 1. The fourth-order valence-corrected chi connectivity index (χ4v) is 3.25. The maximum absolute atomic E-state index is 12.4. The van der Waals surface area contributed by atoms with Gasteiger partial charge in [0.1, 0.15) is 0 Å². The Hall–Kier alpha value is -1.56. The quantitative estimate of drug-likeness (QED) is 0.459. The number of amides is 1. The molecule has 1 amide bonds. The summed E-state index contributed by atoms with van der Waals surface area (Å²) in [6.07, 6.45) is 2.42. The molecule has 0 radical (unpaired) electrons. The molecule has 114 valence electrons. The summed E-state index contributed by atoms with van der Waals surface area (Å²) in [5.74, 6) is 0.758. The van der Waals surface area contributed by atoms with Crippen molar-refractivity contribution < 1.29 is 9.72 Å². The molecule has 1 aliphatic rings. The standard InChI is InChI=1S/C15H20N2O3S/c1-10(12-4-5-12)16(3)15(18)11(2)21-14-8-6-13(7-9-14)17(19)20/h6-12H,4-5H2,1-3H3. The molecule has 0 heterocycles. The minimum Gasteiger partial charge on any atom is -0.342 e. The number of benzene rings is 1. The summed E-state index contributed by atoms with van der Waals surface area (Å²) in [6, 6.07) is 6.61. The average molecular weight is 308 g/mol. The van der Waals surface area contributed by atoms with E-state index in [1.54, 1.807) is 12.1 Å². The molecule has 2 atom stereocenters. The third-order valence-electron chi connectivity index (χ3n) is 3.97. The number of nitro groups is 1. The maximum atomic E-state index is 12.4. The number of thioether (sulfide) groups is 1. The Labute approximate surface area is 128 Å². The van der Waals surface area contributed by atoms with Crippen LogP contribution < -0.4 is 0 Å². The van der Waals surface area contributed by atoms with Crippen LogP contribution in [0.25, 0.3) is 0 Å². The minimum absolute atomic E-state index is 0.0674.